The second kappa shape index (κ2) is 5.45. The summed E-state index contributed by atoms with van der Waals surface area (Å²) < 4.78 is 0. The van der Waals surface area contributed by atoms with Crippen LogP contribution in [0.4, 0.5) is 0 Å². The van der Waals surface area contributed by atoms with Crippen molar-refractivity contribution in [3.8, 4) is 0 Å². The van der Waals surface area contributed by atoms with E-state index in [1.807, 2.05) is 0 Å². The summed E-state index contributed by atoms with van der Waals surface area (Å²) in [6.45, 7) is 2.36. The molecule has 1 N–H and O–H groups in total. The lowest BCUT2D eigenvalue weighted by Gasteiger charge is -2.22. The summed E-state index contributed by atoms with van der Waals surface area (Å²) in [5.41, 5.74) is 3.15. The molecule has 92 valence electrons. The van der Waals surface area contributed by atoms with Gasteiger partial charge in [-0.2, -0.15) is 11.8 Å². The van der Waals surface area contributed by atoms with Crippen molar-refractivity contribution in [1.82, 2.24) is 5.32 Å². The molecule has 1 atom stereocenters. The van der Waals surface area contributed by atoms with Crippen LogP contribution in [0.3, 0.4) is 0 Å². The zero-order valence-corrected chi connectivity index (χ0v) is 11.1. The van der Waals surface area contributed by atoms with Gasteiger partial charge in [0.15, 0.2) is 0 Å². The fraction of sp³-hybridized carbons (Fsp3) is 0.600. The highest BCUT2D eigenvalue weighted by Crippen LogP contribution is 2.33. The van der Waals surface area contributed by atoms with E-state index >= 15 is 0 Å². The van der Waals surface area contributed by atoms with Gasteiger partial charge < -0.3 is 5.32 Å². The zero-order chi connectivity index (χ0) is 11.5. The topological polar surface area (TPSA) is 12.0 Å². The molecule has 2 aliphatic heterocycles. The molecule has 1 unspecified atom stereocenters. The number of hydrogen-bond acceptors (Lipinski definition) is 2. The summed E-state index contributed by atoms with van der Waals surface area (Å²) in [5, 5.41) is 3.47. The number of rotatable bonds is 2. The Hall–Kier alpha value is -0.470. The molecule has 2 heterocycles. The third kappa shape index (κ3) is 2.69. The molecule has 0 spiro atoms. The van der Waals surface area contributed by atoms with Gasteiger partial charge in [0.2, 0.25) is 0 Å². The van der Waals surface area contributed by atoms with Crippen LogP contribution < -0.4 is 5.32 Å². The zero-order valence-electron chi connectivity index (χ0n) is 10.3. The molecule has 1 aromatic carbocycles. The van der Waals surface area contributed by atoms with Gasteiger partial charge in [-0.1, -0.05) is 24.3 Å². The van der Waals surface area contributed by atoms with E-state index < -0.39 is 0 Å². The van der Waals surface area contributed by atoms with E-state index in [1.165, 1.54) is 43.9 Å². The van der Waals surface area contributed by atoms with Crippen LogP contribution >= 0.6 is 11.8 Å². The lowest BCUT2D eigenvalue weighted by molar-refractivity contribution is 0.634. The van der Waals surface area contributed by atoms with Gasteiger partial charge in [0.25, 0.3) is 0 Å². The Morgan fingerprint density at radius 2 is 1.76 bits per heavy atom. The monoisotopic (exact) mass is 247 g/mol. The molecule has 0 radical (unpaired) electrons. The average Bonchev–Trinajstić information content (AvgIpc) is 2.94. The Labute approximate surface area is 108 Å². The Morgan fingerprint density at radius 3 is 2.47 bits per heavy atom. The van der Waals surface area contributed by atoms with Gasteiger partial charge in [-0.3, -0.25) is 0 Å². The number of thioether (sulfide) groups is 1. The molecular formula is C15H21NS. The Bertz CT molecular complexity index is 365. The largest absolute Gasteiger partial charge is 0.316 e. The van der Waals surface area contributed by atoms with Crippen LogP contribution in [0.25, 0.3) is 0 Å². The highest BCUT2D eigenvalue weighted by Gasteiger charge is 2.19. The summed E-state index contributed by atoms with van der Waals surface area (Å²) in [6, 6.07) is 9.41. The Balaban J connectivity index is 1.77. The first kappa shape index (κ1) is 11.6. The van der Waals surface area contributed by atoms with Crippen LogP contribution in [0, 0.1) is 0 Å². The summed E-state index contributed by atoms with van der Waals surface area (Å²) >= 11 is 2.11. The van der Waals surface area contributed by atoms with Gasteiger partial charge in [0.05, 0.1) is 0 Å². The SMILES string of the molecule is c1cc(C2CCSCC2)cc(C2CCNC2)c1. The maximum absolute atomic E-state index is 3.47. The average molecular weight is 247 g/mol. The molecule has 0 amide bonds. The minimum atomic E-state index is 0.757. The predicted octanol–water partition coefficient (Wildman–Crippen LogP) is 3.37. The van der Waals surface area contributed by atoms with Gasteiger partial charge >= 0.3 is 0 Å². The van der Waals surface area contributed by atoms with E-state index in [0.29, 0.717) is 0 Å². The molecule has 1 aromatic rings. The second-order valence-electron chi connectivity index (χ2n) is 5.25. The van der Waals surface area contributed by atoms with E-state index in [1.54, 1.807) is 11.1 Å². The summed E-state index contributed by atoms with van der Waals surface area (Å²) in [5.74, 6) is 4.28. The third-order valence-electron chi connectivity index (χ3n) is 4.14. The number of nitrogens with one attached hydrogen (secondary N) is 1. The van der Waals surface area contributed by atoms with Crippen molar-refractivity contribution in [2.45, 2.75) is 31.1 Å². The summed E-state index contributed by atoms with van der Waals surface area (Å²) in [7, 11) is 0. The van der Waals surface area contributed by atoms with E-state index in [2.05, 4.69) is 41.3 Å². The van der Waals surface area contributed by atoms with E-state index in [9.17, 15) is 0 Å². The predicted molar refractivity (Wildman–Crippen MR) is 76.0 cm³/mol. The van der Waals surface area contributed by atoms with E-state index in [-0.39, 0.29) is 0 Å². The Kier molecular flexibility index (Phi) is 3.72. The van der Waals surface area contributed by atoms with Crippen molar-refractivity contribution in [2.75, 3.05) is 24.6 Å². The first-order chi connectivity index (χ1) is 8.43. The van der Waals surface area contributed by atoms with Crippen molar-refractivity contribution in [3.63, 3.8) is 0 Å². The first-order valence-corrected chi connectivity index (χ1v) is 7.97. The van der Waals surface area contributed by atoms with Crippen molar-refractivity contribution >= 4 is 11.8 Å². The van der Waals surface area contributed by atoms with Crippen molar-refractivity contribution in [3.05, 3.63) is 35.4 Å². The first-order valence-electron chi connectivity index (χ1n) is 6.82. The van der Waals surface area contributed by atoms with Gasteiger partial charge in [0.1, 0.15) is 0 Å². The smallest absolute Gasteiger partial charge is 0.00206 e. The summed E-state index contributed by atoms with van der Waals surface area (Å²) in [4.78, 5) is 0. The molecule has 2 heteroatoms. The molecule has 0 saturated carbocycles. The fourth-order valence-electron chi connectivity index (χ4n) is 3.04. The minimum Gasteiger partial charge on any atom is -0.316 e. The molecule has 2 saturated heterocycles. The highest BCUT2D eigenvalue weighted by atomic mass is 32.2. The van der Waals surface area contributed by atoms with Crippen LogP contribution in [-0.4, -0.2) is 24.6 Å². The maximum Gasteiger partial charge on any atom is 0.00206 e. The van der Waals surface area contributed by atoms with Gasteiger partial charge in [-0.15, -0.1) is 0 Å². The molecule has 2 fully saturated rings. The molecule has 0 aromatic heterocycles. The maximum atomic E-state index is 3.47. The standard InChI is InChI=1S/C15H21NS/c1-2-13(12-5-8-17-9-6-12)10-14(3-1)15-4-7-16-11-15/h1-3,10,12,15-16H,4-9,11H2. The minimum absolute atomic E-state index is 0.757. The lowest BCUT2D eigenvalue weighted by atomic mass is 9.89. The van der Waals surface area contributed by atoms with Crippen LogP contribution in [0.15, 0.2) is 24.3 Å². The normalized spacial score (nSPS) is 26.2. The highest BCUT2D eigenvalue weighted by molar-refractivity contribution is 7.99. The van der Waals surface area contributed by atoms with Crippen molar-refractivity contribution in [2.24, 2.45) is 0 Å². The van der Waals surface area contributed by atoms with Crippen LogP contribution in [0.5, 0.6) is 0 Å². The van der Waals surface area contributed by atoms with Crippen molar-refractivity contribution in [1.29, 1.82) is 0 Å². The molecule has 3 rings (SSSR count). The van der Waals surface area contributed by atoms with E-state index in [4.69, 9.17) is 0 Å². The molecule has 2 aliphatic rings. The van der Waals surface area contributed by atoms with E-state index in [0.717, 1.165) is 11.8 Å². The molecule has 1 nitrogen and oxygen atoms in total. The molecule has 0 bridgehead atoms. The Morgan fingerprint density at radius 1 is 1.00 bits per heavy atom. The molecular weight excluding hydrogens is 226 g/mol. The van der Waals surface area contributed by atoms with Crippen LogP contribution in [0.2, 0.25) is 0 Å². The van der Waals surface area contributed by atoms with Crippen LogP contribution in [-0.2, 0) is 0 Å². The van der Waals surface area contributed by atoms with Gasteiger partial charge in [-0.25, -0.2) is 0 Å². The number of hydrogen-bond donors (Lipinski definition) is 1. The third-order valence-corrected chi connectivity index (χ3v) is 5.18. The summed E-state index contributed by atoms with van der Waals surface area (Å²) in [6.07, 6.45) is 4.05. The number of benzene rings is 1. The van der Waals surface area contributed by atoms with Crippen LogP contribution in [0.1, 0.15) is 42.2 Å². The quantitative estimate of drug-likeness (QED) is 0.860. The molecule has 0 aliphatic carbocycles. The van der Waals surface area contributed by atoms with Gasteiger partial charge in [-0.05, 0) is 60.3 Å². The molecule has 17 heavy (non-hydrogen) atoms. The van der Waals surface area contributed by atoms with Crippen molar-refractivity contribution < 1.29 is 0 Å². The van der Waals surface area contributed by atoms with Gasteiger partial charge in [0, 0.05) is 6.54 Å². The lowest BCUT2D eigenvalue weighted by Crippen LogP contribution is -2.10. The second-order valence-corrected chi connectivity index (χ2v) is 6.47. The fourth-order valence-corrected chi connectivity index (χ4v) is 4.14.